The van der Waals surface area contributed by atoms with Crippen LogP contribution in [0.15, 0.2) is 10.9 Å². The van der Waals surface area contributed by atoms with Crippen molar-refractivity contribution in [1.29, 1.82) is 0 Å². The monoisotopic (exact) mass is 207 g/mol. The molecular weight excluding hydrogens is 190 g/mol. The lowest BCUT2D eigenvalue weighted by molar-refractivity contribution is 0.685. The summed E-state index contributed by atoms with van der Waals surface area (Å²) in [6.07, 6.45) is 2.30. The van der Waals surface area contributed by atoms with Crippen molar-refractivity contribution in [2.24, 2.45) is 5.92 Å². The number of aromatic amines is 1. The zero-order chi connectivity index (χ0) is 10.8. The largest absolute Gasteiger partial charge is 0.370 e. The molecule has 0 aromatic carbocycles. The van der Waals surface area contributed by atoms with E-state index < -0.39 is 0 Å². The van der Waals surface area contributed by atoms with E-state index in [1.54, 1.807) is 0 Å². The molecule has 2 N–H and O–H groups in total. The van der Waals surface area contributed by atoms with Gasteiger partial charge in [0.1, 0.15) is 11.6 Å². The van der Waals surface area contributed by atoms with Crippen molar-refractivity contribution in [2.75, 3.05) is 11.9 Å². The molecule has 82 valence electrons. The van der Waals surface area contributed by atoms with Crippen molar-refractivity contribution in [3.63, 3.8) is 0 Å². The third-order valence-corrected chi connectivity index (χ3v) is 2.42. The van der Waals surface area contributed by atoms with E-state index >= 15 is 0 Å². The van der Waals surface area contributed by atoms with E-state index in [0.717, 1.165) is 25.2 Å². The van der Waals surface area contributed by atoms with E-state index in [2.05, 4.69) is 29.1 Å². The van der Waals surface area contributed by atoms with Crippen molar-refractivity contribution in [1.82, 2.24) is 9.97 Å². The smallest absolute Gasteiger partial charge is 0.252 e. The fraction of sp³-hybridized carbons (Fsp3) is 0.636. The van der Waals surface area contributed by atoms with Crippen LogP contribution >= 0.6 is 0 Å². The van der Waals surface area contributed by atoms with E-state index in [-0.39, 0.29) is 5.56 Å². The maximum absolute atomic E-state index is 11.4. The van der Waals surface area contributed by atoms with Gasteiger partial charge in [0, 0.05) is 18.5 Å². The molecule has 1 aliphatic rings. The number of aromatic nitrogens is 2. The van der Waals surface area contributed by atoms with Gasteiger partial charge in [-0.2, -0.15) is 0 Å². The summed E-state index contributed by atoms with van der Waals surface area (Å²) in [5.41, 5.74) is -0.0573. The molecule has 1 fully saturated rings. The highest BCUT2D eigenvalue weighted by Crippen LogP contribution is 2.37. The summed E-state index contributed by atoms with van der Waals surface area (Å²) < 4.78 is 0. The lowest BCUT2D eigenvalue weighted by Crippen LogP contribution is -2.15. The number of nitrogens with one attached hydrogen (secondary N) is 2. The van der Waals surface area contributed by atoms with Gasteiger partial charge < -0.3 is 10.3 Å². The molecular formula is C11H17N3O. The molecule has 0 aliphatic heterocycles. The number of H-pyrrole nitrogens is 1. The highest BCUT2D eigenvalue weighted by atomic mass is 16.1. The normalized spacial score (nSPS) is 15.7. The molecule has 1 aromatic heterocycles. The van der Waals surface area contributed by atoms with E-state index in [0.29, 0.717) is 17.7 Å². The van der Waals surface area contributed by atoms with Crippen molar-refractivity contribution < 1.29 is 0 Å². The van der Waals surface area contributed by atoms with Gasteiger partial charge in [-0.05, 0) is 18.8 Å². The Hall–Kier alpha value is -1.32. The van der Waals surface area contributed by atoms with Crippen molar-refractivity contribution in [3.05, 3.63) is 22.2 Å². The van der Waals surface area contributed by atoms with Crippen LogP contribution in [0.1, 0.15) is 38.4 Å². The van der Waals surface area contributed by atoms with Gasteiger partial charge in [-0.1, -0.05) is 13.8 Å². The Labute approximate surface area is 89.1 Å². The maximum atomic E-state index is 11.4. The summed E-state index contributed by atoms with van der Waals surface area (Å²) in [6, 6.07) is 1.52. The molecule has 0 radical (unpaired) electrons. The van der Waals surface area contributed by atoms with Crippen LogP contribution in [-0.2, 0) is 0 Å². The predicted molar refractivity (Wildman–Crippen MR) is 60.2 cm³/mol. The van der Waals surface area contributed by atoms with Gasteiger partial charge in [-0.15, -0.1) is 0 Å². The molecule has 1 heterocycles. The number of hydrogen-bond donors (Lipinski definition) is 2. The van der Waals surface area contributed by atoms with Gasteiger partial charge in [0.25, 0.3) is 5.56 Å². The number of hydrogen-bond acceptors (Lipinski definition) is 3. The second kappa shape index (κ2) is 4.04. The van der Waals surface area contributed by atoms with E-state index in [1.165, 1.54) is 6.07 Å². The Morgan fingerprint density at radius 3 is 2.93 bits per heavy atom. The van der Waals surface area contributed by atoms with Crippen LogP contribution in [-0.4, -0.2) is 16.5 Å². The van der Waals surface area contributed by atoms with Crippen molar-refractivity contribution in [3.8, 4) is 0 Å². The lowest BCUT2D eigenvalue weighted by atomic mass is 10.2. The SMILES string of the molecule is CC(C)CNc1cc(=O)[nH]c(C2CC2)n1. The fourth-order valence-corrected chi connectivity index (χ4v) is 1.43. The standard InChI is InChI=1S/C11H17N3O/c1-7(2)6-12-9-5-10(15)14-11(13-9)8-3-4-8/h5,7-8H,3-4,6H2,1-2H3,(H2,12,13,14,15). The van der Waals surface area contributed by atoms with Crippen molar-refractivity contribution >= 4 is 5.82 Å². The molecule has 2 rings (SSSR count). The van der Waals surface area contributed by atoms with Gasteiger partial charge in [0.2, 0.25) is 0 Å². The number of rotatable bonds is 4. The van der Waals surface area contributed by atoms with Crippen LogP contribution in [0.2, 0.25) is 0 Å². The quantitative estimate of drug-likeness (QED) is 0.790. The van der Waals surface area contributed by atoms with Gasteiger partial charge in [0.15, 0.2) is 0 Å². The highest BCUT2D eigenvalue weighted by molar-refractivity contribution is 5.33. The molecule has 0 atom stereocenters. The molecule has 1 aliphatic carbocycles. The lowest BCUT2D eigenvalue weighted by Gasteiger charge is -2.08. The third-order valence-electron chi connectivity index (χ3n) is 2.42. The first-order valence-electron chi connectivity index (χ1n) is 5.50. The Kier molecular flexibility index (Phi) is 2.75. The third kappa shape index (κ3) is 2.81. The second-order valence-corrected chi connectivity index (χ2v) is 4.56. The Morgan fingerprint density at radius 1 is 1.60 bits per heavy atom. The minimum Gasteiger partial charge on any atom is -0.370 e. The van der Waals surface area contributed by atoms with Gasteiger partial charge in [-0.25, -0.2) is 4.98 Å². The molecule has 0 bridgehead atoms. The minimum atomic E-state index is -0.0573. The summed E-state index contributed by atoms with van der Waals surface area (Å²) in [4.78, 5) is 18.5. The summed E-state index contributed by atoms with van der Waals surface area (Å²) in [6.45, 7) is 5.10. The summed E-state index contributed by atoms with van der Waals surface area (Å²) in [5.74, 6) is 2.58. The maximum Gasteiger partial charge on any atom is 0.252 e. The van der Waals surface area contributed by atoms with Gasteiger partial charge >= 0.3 is 0 Å². The molecule has 4 heteroatoms. The minimum absolute atomic E-state index is 0.0573. The summed E-state index contributed by atoms with van der Waals surface area (Å²) in [7, 11) is 0. The van der Waals surface area contributed by atoms with Gasteiger partial charge in [-0.3, -0.25) is 4.79 Å². The number of nitrogens with zero attached hydrogens (tertiary/aromatic N) is 1. The summed E-state index contributed by atoms with van der Waals surface area (Å²) >= 11 is 0. The molecule has 15 heavy (non-hydrogen) atoms. The van der Waals surface area contributed by atoms with E-state index in [4.69, 9.17) is 0 Å². The molecule has 4 nitrogen and oxygen atoms in total. The van der Waals surface area contributed by atoms with Gasteiger partial charge in [0.05, 0.1) is 0 Å². The molecule has 0 amide bonds. The molecule has 0 unspecified atom stereocenters. The topological polar surface area (TPSA) is 57.8 Å². The average Bonchev–Trinajstić information content (AvgIpc) is 2.97. The van der Waals surface area contributed by atoms with Crippen LogP contribution in [0.3, 0.4) is 0 Å². The number of anilines is 1. The Balaban J connectivity index is 2.12. The zero-order valence-electron chi connectivity index (χ0n) is 9.21. The Bertz CT molecular complexity index is 393. The zero-order valence-corrected chi connectivity index (χ0v) is 9.21. The van der Waals surface area contributed by atoms with Crippen LogP contribution in [0.4, 0.5) is 5.82 Å². The predicted octanol–water partition coefficient (Wildman–Crippen LogP) is 1.72. The van der Waals surface area contributed by atoms with Crippen LogP contribution in [0, 0.1) is 5.92 Å². The Morgan fingerprint density at radius 2 is 2.33 bits per heavy atom. The van der Waals surface area contributed by atoms with E-state index in [9.17, 15) is 4.79 Å². The molecule has 0 spiro atoms. The molecule has 0 saturated heterocycles. The average molecular weight is 207 g/mol. The van der Waals surface area contributed by atoms with Crippen LogP contribution in [0.25, 0.3) is 0 Å². The van der Waals surface area contributed by atoms with E-state index in [1.807, 2.05) is 0 Å². The summed E-state index contributed by atoms with van der Waals surface area (Å²) in [5, 5.41) is 3.18. The second-order valence-electron chi connectivity index (χ2n) is 4.56. The van der Waals surface area contributed by atoms with Crippen LogP contribution < -0.4 is 10.9 Å². The molecule has 1 aromatic rings. The first-order valence-corrected chi connectivity index (χ1v) is 5.50. The highest BCUT2D eigenvalue weighted by Gasteiger charge is 2.26. The van der Waals surface area contributed by atoms with Crippen LogP contribution in [0.5, 0.6) is 0 Å². The molecule has 1 saturated carbocycles. The first-order chi connectivity index (χ1) is 7.15. The van der Waals surface area contributed by atoms with Crippen molar-refractivity contribution in [2.45, 2.75) is 32.6 Å². The first kappa shape index (κ1) is 10.2. The fourth-order valence-electron chi connectivity index (χ4n) is 1.43.